The highest BCUT2D eigenvalue weighted by Gasteiger charge is 2.27. The molecule has 8 heteroatoms. The van der Waals surface area contributed by atoms with E-state index in [4.69, 9.17) is 10.8 Å². The summed E-state index contributed by atoms with van der Waals surface area (Å²) >= 11 is 0. The van der Waals surface area contributed by atoms with Crippen LogP contribution < -0.4 is 10.5 Å². The topological polar surface area (TPSA) is 72.5 Å². The van der Waals surface area contributed by atoms with Gasteiger partial charge in [0.25, 0.3) is 0 Å². The highest BCUT2D eigenvalue weighted by Crippen LogP contribution is 2.26. The number of halogens is 4. The number of aromatic carboxylic acids is 1. The maximum absolute atomic E-state index is 13.2. The van der Waals surface area contributed by atoms with Crippen molar-refractivity contribution in [3.05, 3.63) is 23.5 Å². The minimum absolute atomic E-state index is 0.330. The quantitative estimate of drug-likeness (QED) is 0.649. The summed E-state index contributed by atoms with van der Waals surface area (Å²) in [6.45, 7) is -0.802. The van der Waals surface area contributed by atoms with Gasteiger partial charge in [0, 0.05) is 11.8 Å². The molecule has 1 rings (SSSR count). The summed E-state index contributed by atoms with van der Waals surface area (Å²) in [6.07, 6.45) is -5.70. The molecule has 0 fully saturated rings. The molecule has 0 radical (unpaired) electrons. The van der Waals surface area contributed by atoms with Crippen LogP contribution in [0.1, 0.15) is 16.8 Å². The number of ether oxygens (including phenoxy) is 1. The second-order valence-corrected chi connectivity index (χ2v) is 3.39. The number of nitrogen functional groups attached to an aromatic ring is 1. The van der Waals surface area contributed by atoms with Crippen LogP contribution in [0.3, 0.4) is 0 Å². The smallest absolute Gasteiger partial charge is 0.392 e. The molecule has 0 saturated carbocycles. The van der Waals surface area contributed by atoms with E-state index in [2.05, 4.69) is 4.74 Å². The van der Waals surface area contributed by atoms with Crippen LogP contribution in [0.4, 0.5) is 23.2 Å². The molecule has 0 aliphatic carbocycles. The van der Waals surface area contributed by atoms with Crippen molar-refractivity contribution < 1.29 is 32.2 Å². The van der Waals surface area contributed by atoms with Crippen molar-refractivity contribution in [3.8, 4) is 5.75 Å². The van der Waals surface area contributed by atoms with Gasteiger partial charge in [0.2, 0.25) is 0 Å². The van der Waals surface area contributed by atoms with Gasteiger partial charge in [-0.05, 0) is 6.07 Å². The Morgan fingerprint density at radius 3 is 2.50 bits per heavy atom. The summed E-state index contributed by atoms with van der Waals surface area (Å²) in [5, 5.41) is 8.70. The number of hydrogen-bond acceptors (Lipinski definition) is 3. The molecule has 0 saturated heterocycles. The number of carbonyl (C=O) groups is 1. The molecule has 0 aromatic heterocycles. The lowest BCUT2D eigenvalue weighted by Gasteiger charge is -2.11. The predicted molar refractivity (Wildman–Crippen MR) is 53.9 cm³/mol. The van der Waals surface area contributed by atoms with E-state index in [1.54, 1.807) is 0 Å². The number of benzene rings is 1. The van der Waals surface area contributed by atoms with Crippen LogP contribution in [0.25, 0.3) is 0 Å². The molecule has 100 valence electrons. The summed E-state index contributed by atoms with van der Waals surface area (Å²) in [5.74, 6) is -3.02. The first-order chi connectivity index (χ1) is 8.20. The Hall–Kier alpha value is -1.99. The van der Waals surface area contributed by atoms with Gasteiger partial charge in [0.05, 0.1) is 18.6 Å². The number of alkyl halides is 3. The zero-order valence-corrected chi connectivity index (χ0v) is 8.92. The first-order valence-corrected chi connectivity index (χ1v) is 4.72. The lowest BCUT2D eigenvalue weighted by atomic mass is 10.1. The number of anilines is 1. The van der Waals surface area contributed by atoms with Crippen molar-refractivity contribution in [2.45, 2.75) is 12.6 Å². The average Bonchev–Trinajstić information content (AvgIpc) is 2.18. The third-order valence-corrected chi connectivity index (χ3v) is 1.98. The molecular formula is C10H9F4NO3. The van der Waals surface area contributed by atoms with Gasteiger partial charge in [-0.25, -0.2) is 9.18 Å². The van der Waals surface area contributed by atoms with Crippen LogP contribution in [-0.2, 0) is 0 Å². The van der Waals surface area contributed by atoms with Crippen LogP contribution in [0.2, 0.25) is 0 Å². The van der Waals surface area contributed by atoms with E-state index in [0.29, 0.717) is 6.07 Å². The molecule has 0 atom stereocenters. The predicted octanol–water partition coefficient (Wildman–Crippen LogP) is 2.44. The monoisotopic (exact) mass is 267 g/mol. The summed E-state index contributed by atoms with van der Waals surface area (Å²) in [4.78, 5) is 10.7. The molecule has 3 N–H and O–H groups in total. The minimum Gasteiger partial charge on any atom is -0.490 e. The van der Waals surface area contributed by atoms with Gasteiger partial charge < -0.3 is 15.6 Å². The molecular weight excluding hydrogens is 258 g/mol. The van der Waals surface area contributed by atoms with E-state index in [1.807, 2.05) is 0 Å². The van der Waals surface area contributed by atoms with Crippen molar-refractivity contribution in [2.24, 2.45) is 0 Å². The Bertz CT molecular complexity index is 459. The minimum atomic E-state index is -4.43. The zero-order valence-electron chi connectivity index (χ0n) is 8.92. The van der Waals surface area contributed by atoms with Crippen molar-refractivity contribution >= 4 is 11.7 Å². The van der Waals surface area contributed by atoms with E-state index in [1.165, 1.54) is 0 Å². The Kier molecular flexibility index (Phi) is 4.00. The first kappa shape index (κ1) is 14.1. The Balaban J connectivity index is 2.83. The fourth-order valence-corrected chi connectivity index (χ4v) is 1.14. The summed E-state index contributed by atoms with van der Waals surface area (Å²) in [5.41, 5.74) is 4.47. The highest BCUT2D eigenvalue weighted by molar-refractivity contribution is 5.94. The summed E-state index contributed by atoms with van der Waals surface area (Å²) < 4.78 is 53.3. The van der Waals surface area contributed by atoms with Gasteiger partial charge in [-0.3, -0.25) is 0 Å². The lowest BCUT2D eigenvalue weighted by Crippen LogP contribution is -2.14. The molecule has 4 nitrogen and oxygen atoms in total. The van der Waals surface area contributed by atoms with E-state index < -0.39 is 42.3 Å². The second-order valence-electron chi connectivity index (χ2n) is 3.39. The third kappa shape index (κ3) is 3.79. The van der Waals surface area contributed by atoms with Crippen molar-refractivity contribution in [1.82, 2.24) is 0 Å². The first-order valence-electron chi connectivity index (χ1n) is 4.72. The maximum Gasteiger partial charge on any atom is 0.392 e. The van der Waals surface area contributed by atoms with Crippen molar-refractivity contribution in [2.75, 3.05) is 12.3 Å². The van der Waals surface area contributed by atoms with Crippen LogP contribution in [0, 0.1) is 5.82 Å². The van der Waals surface area contributed by atoms with E-state index >= 15 is 0 Å². The standard InChI is InChI=1S/C10H9F4NO3/c11-6-4-7(15)5(9(16)17)3-8(6)18-2-1-10(12,13)14/h3-4H,1-2,15H2,(H,16,17). The van der Waals surface area contributed by atoms with Gasteiger partial charge in [0.1, 0.15) is 0 Å². The Morgan fingerprint density at radius 2 is 2.00 bits per heavy atom. The maximum atomic E-state index is 13.2. The summed E-state index contributed by atoms with van der Waals surface area (Å²) in [6, 6.07) is 1.44. The molecule has 0 aliphatic rings. The van der Waals surface area contributed by atoms with Crippen LogP contribution in [-0.4, -0.2) is 23.9 Å². The van der Waals surface area contributed by atoms with E-state index in [9.17, 15) is 22.4 Å². The Morgan fingerprint density at radius 1 is 1.39 bits per heavy atom. The van der Waals surface area contributed by atoms with Crippen molar-refractivity contribution in [1.29, 1.82) is 0 Å². The van der Waals surface area contributed by atoms with Gasteiger partial charge in [-0.2, -0.15) is 13.2 Å². The molecule has 0 bridgehead atoms. The van der Waals surface area contributed by atoms with Crippen LogP contribution in [0.5, 0.6) is 5.75 Å². The molecule has 0 spiro atoms. The molecule has 0 amide bonds. The number of hydrogen-bond donors (Lipinski definition) is 2. The fraction of sp³-hybridized carbons (Fsp3) is 0.300. The average molecular weight is 267 g/mol. The van der Waals surface area contributed by atoms with Gasteiger partial charge in [0.15, 0.2) is 11.6 Å². The molecule has 1 aromatic rings. The zero-order chi connectivity index (χ0) is 13.9. The van der Waals surface area contributed by atoms with Crippen LogP contribution >= 0.6 is 0 Å². The normalized spacial score (nSPS) is 11.3. The number of rotatable bonds is 4. The molecule has 18 heavy (non-hydrogen) atoms. The van der Waals surface area contributed by atoms with Gasteiger partial charge >= 0.3 is 12.1 Å². The lowest BCUT2D eigenvalue weighted by molar-refractivity contribution is -0.139. The molecule has 0 heterocycles. The number of carboxylic acids is 1. The number of nitrogens with two attached hydrogens (primary N) is 1. The van der Waals surface area contributed by atoms with E-state index in [-0.39, 0.29) is 5.69 Å². The van der Waals surface area contributed by atoms with Crippen molar-refractivity contribution in [3.63, 3.8) is 0 Å². The second kappa shape index (κ2) is 5.11. The molecule has 0 aliphatic heterocycles. The van der Waals surface area contributed by atoms with Gasteiger partial charge in [-0.15, -0.1) is 0 Å². The third-order valence-electron chi connectivity index (χ3n) is 1.98. The highest BCUT2D eigenvalue weighted by atomic mass is 19.4. The van der Waals surface area contributed by atoms with E-state index in [0.717, 1.165) is 6.07 Å². The fourth-order valence-electron chi connectivity index (χ4n) is 1.14. The molecule has 0 unspecified atom stereocenters. The SMILES string of the molecule is Nc1cc(F)c(OCCC(F)(F)F)cc1C(=O)O. The molecule has 1 aromatic carbocycles. The van der Waals surface area contributed by atoms with Crippen LogP contribution in [0.15, 0.2) is 12.1 Å². The summed E-state index contributed by atoms with van der Waals surface area (Å²) in [7, 11) is 0. The number of carboxylic acid groups (broad SMARTS) is 1. The Labute approximate surface area is 99.0 Å². The largest absolute Gasteiger partial charge is 0.490 e. The van der Waals surface area contributed by atoms with Gasteiger partial charge in [-0.1, -0.05) is 0 Å².